The van der Waals surface area contributed by atoms with Gasteiger partial charge in [0, 0.05) is 11.4 Å². The normalized spacial score (nSPS) is 12.6. The molecule has 0 fully saturated rings. The number of aldehydes is 1. The van der Waals surface area contributed by atoms with Crippen LogP contribution in [0.25, 0.3) is 0 Å². The second-order valence-electron chi connectivity index (χ2n) is 3.71. The molecule has 0 radical (unpaired) electrons. The summed E-state index contributed by atoms with van der Waals surface area (Å²) in [5.41, 5.74) is 3.53. The number of carbonyl (C=O) groups excluding carboxylic acids is 1. The van der Waals surface area contributed by atoms with E-state index in [9.17, 15) is 4.79 Å². The Balaban J connectivity index is 3.17. The number of carbonyl (C=O) groups is 1. The second-order valence-corrected chi connectivity index (χ2v) is 4.11. The maximum atomic E-state index is 10.5. The minimum Gasteiger partial charge on any atom is -0.303 e. The molecule has 0 spiro atoms. The molecule has 1 aromatic carbocycles. The van der Waals surface area contributed by atoms with E-state index < -0.39 is 0 Å². The molecule has 0 amide bonds. The van der Waals surface area contributed by atoms with E-state index in [4.69, 9.17) is 11.6 Å². The van der Waals surface area contributed by atoms with E-state index >= 15 is 0 Å². The average Bonchev–Trinajstić information content (AvgIpc) is 2.13. The zero-order valence-electron chi connectivity index (χ0n) is 8.80. The van der Waals surface area contributed by atoms with E-state index in [2.05, 4.69) is 13.8 Å². The van der Waals surface area contributed by atoms with Gasteiger partial charge in [-0.2, -0.15) is 0 Å². The monoisotopic (exact) mass is 210 g/mol. The quantitative estimate of drug-likeness (QED) is 0.696. The van der Waals surface area contributed by atoms with Crippen molar-refractivity contribution in [3.63, 3.8) is 0 Å². The van der Waals surface area contributed by atoms with Gasteiger partial charge in [-0.15, -0.1) is 0 Å². The van der Waals surface area contributed by atoms with Gasteiger partial charge >= 0.3 is 0 Å². The minimum absolute atomic E-state index is 0.208. The predicted molar refractivity (Wildman–Crippen MR) is 60.0 cm³/mol. The summed E-state index contributed by atoms with van der Waals surface area (Å²) in [6.07, 6.45) is 1.48. The summed E-state index contributed by atoms with van der Waals surface area (Å²) in [5, 5.41) is 0.766. The third-order valence-corrected chi connectivity index (χ3v) is 3.00. The van der Waals surface area contributed by atoms with E-state index in [0.29, 0.717) is 6.42 Å². The van der Waals surface area contributed by atoms with Crippen molar-refractivity contribution >= 4 is 17.9 Å². The Hall–Kier alpha value is -0.820. The van der Waals surface area contributed by atoms with Gasteiger partial charge in [0.05, 0.1) is 0 Å². The van der Waals surface area contributed by atoms with E-state index in [-0.39, 0.29) is 5.92 Å². The number of hydrogen-bond donors (Lipinski definition) is 0. The summed E-state index contributed by atoms with van der Waals surface area (Å²) in [4.78, 5) is 10.5. The molecular formula is C12H15ClO. The molecule has 1 nitrogen and oxygen atoms in total. The Morgan fingerprint density at radius 1 is 1.43 bits per heavy atom. The number of aryl methyl sites for hydroxylation is 1. The molecule has 0 aliphatic heterocycles. The topological polar surface area (TPSA) is 17.1 Å². The Kier molecular flexibility index (Phi) is 3.70. The van der Waals surface area contributed by atoms with E-state index in [0.717, 1.165) is 16.9 Å². The first-order valence-corrected chi connectivity index (χ1v) is 5.15. The number of hydrogen-bond acceptors (Lipinski definition) is 1. The molecule has 0 N–H and O–H groups in total. The van der Waals surface area contributed by atoms with Gasteiger partial charge in [0.2, 0.25) is 0 Å². The van der Waals surface area contributed by atoms with Crippen LogP contribution >= 0.6 is 11.6 Å². The van der Waals surface area contributed by atoms with Crippen molar-refractivity contribution in [3.8, 4) is 0 Å². The van der Waals surface area contributed by atoms with Crippen molar-refractivity contribution in [1.29, 1.82) is 0 Å². The van der Waals surface area contributed by atoms with Crippen molar-refractivity contribution in [2.24, 2.45) is 0 Å². The fourth-order valence-corrected chi connectivity index (χ4v) is 2.06. The lowest BCUT2D eigenvalue weighted by molar-refractivity contribution is -0.108. The van der Waals surface area contributed by atoms with Crippen molar-refractivity contribution in [3.05, 3.63) is 33.8 Å². The summed E-state index contributed by atoms with van der Waals surface area (Å²) < 4.78 is 0. The lowest BCUT2D eigenvalue weighted by Crippen LogP contribution is -2.00. The molecule has 1 rings (SSSR count). The zero-order chi connectivity index (χ0) is 10.7. The average molecular weight is 211 g/mol. The standard InChI is InChI=1S/C12H15ClO/c1-8-4-5-11(13)12(10(8)3)9(2)6-7-14/h4-5,7,9H,6H2,1-3H3. The van der Waals surface area contributed by atoms with Crippen LogP contribution in [0.1, 0.15) is 36.0 Å². The van der Waals surface area contributed by atoms with Gasteiger partial charge in [-0.3, -0.25) is 0 Å². The summed E-state index contributed by atoms with van der Waals surface area (Å²) in [6, 6.07) is 3.91. The molecule has 14 heavy (non-hydrogen) atoms. The number of rotatable bonds is 3. The molecule has 0 saturated heterocycles. The van der Waals surface area contributed by atoms with Crippen LogP contribution < -0.4 is 0 Å². The fraction of sp³-hybridized carbons (Fsp3) is 0.417. The van der Waals surface area contributed by atoms with Gasteiger partial charge in [0.15, 0.2) is 0 Å². The maximum Gasteiger partial charge on any atom is 0.120 e. The highest BCUT2D eigenvalue weighted by molar-refractivity contribution is 6.31. The second kappa shape index (κ2) is 4.61. The van der Waals surface area contributed by atoms with E-state index in [1.54, 1.807) is 0 Å². The third kappa shape index (κ3) is 2.16. The largest absolute Gasteiger partial charge is 0.303 e. The molecule has 1 atom stereocenters. The van der Waals surface area contributed by atoms with Gasteiger partial charge in [-0.25, -0.2) is 0 Å². The van der Waals surface area contributed by atoms with Gasteiger partial charge in [0.1, 0.15) is 6.29 Å². The van der Waals surface area contributed by atoms with Crippen molar-refractivity contribution in [2.75, 3.05) is 0 Å². The molecule has 2 heteroatoms. The Labute approximate surface area is 90.1 Å². The molecule has 0 aliphatic carbocycles. The fourth-order valence-electron chi connectivity index (χ4n) is 1.67. The highest BCUT2D eigenvalue weighted by Crippen LogP contribution is 2.30. The maximum absolute atomic E-state index is 10.5. The summed E-state index contributed by atoms with van der Waals surface area (Å²) >= 11 is 6.12. The molecular weight excluding hydrogens is 196 g/mol. The molecule has 0 aromatic heterocycles. The molecule has 0 aliphatic rings. The first kappa shape index (κ1) is 11.3. The van der Waals surface area contributed by atoms with Crippen LogP contribution in [0.2, 0.25) is 5.02 Å². The minimum atomic E-state index is 0.208. The highest BCUT2D eigenvalue weighted by atomic mass is 35.5. The Bertz CT molecular complexity index is 344. The predicted octanol–water partition coefficient (Wildman–Crippen LogP) is 3.65. The van der Waals surface area contributed by atoms with Crippen LogP contribution in [0.15, 0.2) is 12.1 Å². The van der Waals surface area contributed by atoms with E-state index in [1.807, 2.05) is 19.1 Å². The zero-order valence-corrected chi connectivity index (χ0v) is 9.56. The van der Waals surface area contributed by atoms with Crippen LogP contribution in [0, 0.1) is 13.8 Å². The van der Waals surface area contributed by atoms with Crippen LogP contribution in [0.5, 0.6) is 0 Å². The van der Waals surface area contributed by atoms with Crippen LogP contribution in [-0.2, 0) is 4.79 Å². The highest BCUT2D eigenvalue weighted by Gasteiger charge is 2.13. The first-order valence-electron chi connectivity index (χ1n) is 4.77. The molecule has 0 saturated carbocycles. The van der Waals surface area contributed by atoms with Crippen LogP contribution in [-0.4, -0.2) is 6.29 Å². The van der Waals surface area contributed by atoms with Crippen molar-refractivity contribution in [2.45, 2.75) is 33.1 Å². The third-order valence-electron chi connectivity index (χ3n) is 2.68. The van der Waals surface area contributed by atoms with Gasteiger partial charge in [0.25, 0.3) is 0 Å². The smallest absolute Gasteiger partial charge is 0.120 e. The molecule has 76 valence electrons. The Morgan fingerprint density at radius 3 is 2.64 bits per heavy atom. The first-order chi connectivity index (χ1) is 6.57. The molecule has 1 aromatic rings. The van der Waals surface area contributed by atoms with Gasteiger partial charge in [-0.1, -0.05) is 24.6 Å². The Morgan fingerprint density at radius 2 is 2.07 bits per heavy atom. The van der Waals surface area contributed by atoms with Crippen molar-refractivity contribution in [1.82, 2.24) is 0 Å². The molecule has 1 unspecified atom stereocenters. The van der Waals surface area contributed by atoms with Crippen LogP contribution in [0.4, 0.5) is 0 Å². The van der Waals surface area contributed by atoms with Crippen LogP contribution in [0.3, 0.4) is 0 Å². The lowest BCUT2D eigenvalue weighted by atomic mass is 9.92. The summed E-state index contributed by atoms with van der Waals surface area (Å²) in [5.74, 6) is 0.208. The van der Waals surface area contributed by atoms with E-state index in [1.165, 1.54) is 11.1 Å². The van der Waals surface area contributed by atoms with Gasteiger partial charge < -0.3 is 4.79 Å². The number of benzene rings is 1. The van der Waals surface area contributed by atoms with Gasteiger partial charge in [-0.05, 0) is 42.5 Å². The number of halogens is 1. The summed E-state index contributed by atoms with van der Waals surface area (Å²) in [7, 11) is 0. The molecule has 0 heterocycles. The SMILES string of the molecule is Cc1ccc(Cl)c(C(C)CC=O)c1C. The lowest BCUT2D eigenvalue weighted by Gasteiger charge is -2.15. The summed E-state index contributed by atoms with van der Waals surface area (Å²) in [6.45, 7) is 6.14. The van der Waals surface area contributed by atoms with Crippen molar-refractivity contribution < 1.29 is 4.79 Å². The molecule has 0 bridgehead atoms.